The number of benzene rings is 2. The summed E-state index contributed by atoms with van der Waals surface area (Å²) in [5, 5.41) is 4.11. The highest BCUT2D eigenvalue weighted by Crippen LogP contribution is 2.08. The van der Waals surface area contributed by atoms with Gasteiger partial charge in [-0.05, 0) is 43.2 Å². The van der Waals surface area contributed by atoms with Gasteiger partial charge in [-0.1, -0.05) is 30.3 Å². The summed E-state index contributed by atoms with van der Waals surface area (Å²) in [5.41, 5.74) is 12.1. The van der Waals surface area contributed by atoms with E-state index in [-0.39, 0.29) is 5.91 Å². The van der Waals surface area contributed by atoms with Gasteiger partial charge in [-0.15, -0.1) is 0 Å². The standard InChI is InChI=1S/C16H17N3O/c1-11-6-3-4-9-15(11)16(20)19-18-12(2)13-7-5-8-14(17)10-13/h3-10H,17H2,1-2H3,(H,19,20)/b18-12-. The Kier molecular flexibility index (Phi) is 4.15. The molecule has 0 unspecified atom stereocenters. The zero-order valence-corrected chi connectivity index (χ0v) is 11.6. The van der Waals surface area contributed by atoms with Crippen LogP contribution in [-0.4, -0.2) is 11.6 Å². The Morgan fingerprint density at radius 2 is 1.90 bits per heavy atom. The molecule has 3 N–H and O–H groups in total. The van der Waals surface area contributed by atoms with Gasteiger partial charge in [0.25, 0.3) is 5.91 Å². The van der Waals surface area contributed by atoms with Gasteiger partial charge in [-0.2, -0.15) is 5.10 Å². The van der Waals surface area contributed by atoms with Crippen molar-refractivity contribution >= 4 is 17.3 Å². The minimum Gasteiger partial charge on any atom is -0.399 e. The van der Waals surface area contributed by atoms with Crippen LogP contribution in [0.3, 0.4) is 0 Å². The fourth-order valence-electron chi connectivity index (χ4n) is 1.85. The first-order chi connectivity index (χ1) is 9.58. The van der Waals surface area contributed by atoms with Crippen LogP contribution in [0.15, 0.2) is 53.6 Å². The zero-order chi connectivity index (χ0) is 14.5. The number of carbonyl (C=O) groups excluding carboxylic acids is 1. The van der Waals surface area contributed by atoms with Gasteiger partial charge in [0.15, 0.2) is 0 Å². The summed E-state index contributed by atoms with van der Waals surface area (Å²) in [6.45, 7) is 3.72. The summed E-state index contributed by atoms with van der Waals surface area (Å²) in [7, 11) is 0. The van der Waals surface area contributed by atoms with Gasteiger partial charge in [-0.3, -0.25) is 4.79 Å². The summed E-state index contributed by atoms with van der Waals surface area (Å²) in [6.07, 6.45) is 0. The molecule has 1 amide bonds. The predicted octanol–water partition coefficient (Wildman–Crippen LogP) is 2.73. The van der Waals surface area contributed by atoms with E-state index in [1.165, 1.54) is 0 Å². The second-order valence-corrected chi connectivity index (χ2v) is 4.58. The molecule has 0 aromatic heterocycles. The van der Waals surface area contributed by atoms with Crippen LogP contribution in [0, 0.1) is 6.92 Å². The lowest BCUT2D eigenvalue weighted by Crippen LogP contribution is -2.20. The maximum Gasteiger partial charge on any atom is 0.271 e. The van der Waals surface area contributed by atoms with E-state index in [1.807, 2.05) is 56.3 Å². The van der Waals surface area contributed by atoms with E-state index in [0.29, 0.717) is 17.0 Å². The third-order valence-corrected chi connectivity index (χ3v) is 3.02. The van der Waals surface area contributed by atoms with E-state index in [2.05, 4.69) is 10.5 Å². The molecule has 20 heavy (non-hydrogen) atoms. The third kappa shape index (κ3) is 3.23. The van der Waals surface area contributed by atoms with Gasteiger partial charge < -0.3 is 5.73 Å². The van der Waals surface area contributed by atoms with Crippen molar-refractivity contribution in [2.75, 3.05) is 5.73 Å². The number of hydrogen-bond donors (Lipinski definition) is 2. The van der Waals surface area contributed by atoms with Crippen LogP contribution >= 0.6 is 0 Å². The van der Waals surface area contributed by atoms with E-state index in [9.17, 15) is 4.79 Å². The molecule has 2 aromatic rings. The number of rotatable bonds is 3. The highest BCUT2D eigenvalue weighted by atomic mass is 16.2. The van der Waals surface area contributed by atoms with Crippen molar-refractivity contribution in [2.24, 2.45) is 5.10 Å². The normalized spacial score (nSPS) is 11.2. The van der Waals surface area contributed by atoms with Gasteiger partial charge in [0.1, 0.15) is 0 Å². The van der Waals surface area contributed by atoms with Crippen LogP contribution in [0.1, 0.15) is 28.4 Å². The fourth-order valence-corrected chi connectivity index (χ4v) is 1.85. The summed E-state index contributed by atoms with van der Waals surface area (Å²) >= 11 is 0. The molecule has 0 aliphatic carbocycles. The molecule has 0 bridgehead atoms. The third-order valence-electron chi connectivity index (χ3n) is 3.02. The Labute approximate surface area is 118 Å². The number of nitrogen functional groups attached to an aromatic ring is 1. The first-order valence-electron chi connectivity index (χ1n) is 6.34. The number of anilines is 1. The maximum absolute atomic E-state index is 12.0. The second kappa shape index (κ2) is 6.02. The van der Waals surface area contributed by atoms with E-state index in [1.54, 1.807) is 6.07 Å². The van der Waals surface area contributed by atoms with Crippen molar-refractivity contribution in [3.05, 3.63) is 65.2 Å². The van der Waals surface area contributed by atoms with Crippen molar-refractivity contribution in [2.45, 2.75) is 13.8 Å². The van der Waals surface area contributed by atoms with Crippen molar-refractivity contribution < 1.29 is 4.79 Å². The molecule has 2 aromatic carbocycles. The van der Waals surface area contributed by atoms with Gasteiger partial charge in [0.05, 0.1) is 5.71 Å². The molecule has 0 heterocycles. The van der Waals surface area contributed by atoms with Gasteiger partial charge in [-0.25, -0.2) is 5.43 Å². The lowest BCUT2D eigenvalue weighted by Gasteiger charge is -2.05. The number of carbonyl (C=O) groups is 1. The van der Waals surface area contributed by atoms with E-state index in [4.69, 9.17) is 5.73 Å². The summed E-state index contributed by atoms with van der Waals surface area (Å²) < 4.78 is 0. The number of hydrazone groups is 1. The van der Waals surface area contributed by atoms with Crippen LogP contribution in [0.4, 0.5) is 5.69 Å². The Morgan fingerprint density at radius 3 is 2.60 bits per heavy atom. The minimum atomic E-state index is -0.216. The van der Waals surface area contributed by atoms with Gasteiger partial charge in [0, 0.05) is 11.3 Å². The number of amides is 1. The number of hydrogen-bond acceptors (Lipinski definition) is 3. The van der Waals surface area contributed by atoms with E-state index in [0.717, 1.165) is 11.1 Å². The molecule has 102 valence electrons. The van der Waals surface area contributed by atoms with E-state index < -0.39 is 0 Å². The lowest BCUT2D eigenvalue weighted by atomic mass is 10.1. The van der Waals surface area contributed by atoms with Crippen molar-refractivity contribution in [3.63, 3.8) is 0 Å². The number of nitrogens with two attached hydrogens (primary N) is 1. The minimum absolute atomic E-state index is 0.216. The molecule has 0 aliphatic rings. The molecular weight excluding hydrogens is 250 g/mol. The second-order valence-electron chi connectivity index (χ2n) is 4.58. The first-order valence-corrected chi connectivity index (χ1v) is 6.34. The SMILES string of the molecule is C/C(=N/NC(=O)c1ccccc1C)c1cccc(N)c1. The van der Waals surface area contributed by atoms with Crippen LogP contribution in [-0.2, 0) is 0 Å². The average molecular weight is 267 g/mol. The number of aryl methyl sites for hydroxylation is 1. The smallest absolute Gasteiger partial charge is 0.271 e. The van der Waals surface area contributed by atoms with Crippen molar-refractivity contribution in [1.82, 2.24) is 5.43 Å². The summed E-state index contributed by atoms with van der Waals surface area (Å²) in [4.78, 5) is 12.0. The molecule has 0 saturated heterocycles. The number of nitrogens with one attached hydrogen (secondary N) is 1. The zero-order valence-electron chi connectivity index (χ0n) is 11.6. The molecular formula is C16H17N3O. The molecule has 0 spiro atoms. The molecule has 0 radical (unpaired) electrons. The quantitative estimate of drug-likeness (QED) is 0.510. The fraction of sp³-hybridized carbons (Fsp3) is 0.125. The van der Waals surface area contributed by atoms with Crippen LogP contribution in [0.25, 0.3) is 0 Å². The highest BCUT2D eigenvalue weighted by molar-refractivity contribution is 6.01. The Hall–Kier alpha value is -2.62. The molecule has 0 atom stereocenters. The molecule has 0 fully saturated rings. The molecule has 0 aliphatic heterocycles. The maximum atomic E-state index is 12.0. The Bertz CT molecular complexity index is 662. The van der Waals surface area contributed by atoms with Crippen LogP contribution in [0.2, 0.25) is 0 Å². The van der Waals surface area contributed by atoms with Crippen LogP contribution < -0.4 is 11.2 Å². The van der Waals surface area contributed by atoms with E-state index >= 15 is 0 Å². The Morgan fingerprint density at radius 1 is 1.15 bits per heavy atom. The Balaban J connectivity index is 2.13. The van der Waals surface area contributed by atoms with Gasteiger partial charge in [0.2, 0.25) is 0 Å². The van der Waals surface area contributed by atoms with Crippen molar-refractivity contribution in [1.29, 1.82) is 0 Å². The average Bonchev–Trinajstić information content (AvgIpc) is 2.45. The molecule has 0 saturated carbocycles. The van der Waals surface area contributed by atoms with Gasteiger partial charge >= 0.3 is 0 Å². The van der Waals surface area contributed by atoms with Crippen LogP contribution in [0.5, 0.6) is 0 Å². The monoisotopic (exact) mass is 267 g/mol. The summed E-state index contributed by atoms with van der Waals surface area (Å²) in [6, 6.07) is 14.8. The lowest BCUT2D eigenvalue weighted by molar-refractivity contribution is 0.0954. The summed E-state index contributed by atoms with van der Waals surface area (Å²) in [5.74, 6) is -0.216. The topological polar surface area (TPSA) is 67.5 Å². The highest BCUT2D eigenvalue weighted by Gasteiger charge is 2.07. The molecule has 4 heteroatoms. The van der Waals surface area contributed by atoms with Crippen molar-refractivity contribution in [3.8, 4) is 0 Å². The number of nitrogens with zero attached hydrogens (tertiary/aromatic N) is 1. The largest absolute Gasteiger partial charge is 0.399 e. The first kappa shape index (κ1) is 13.8. The molecule has 2 rings (SSSR count). The predicted molar refractivity (Wildman–Crippen MR) is 81.7 cm³/mol. The molecule has 4 nitrogen and oxygen atoms in total.